The van der Waals surface area contributed by atoms with Gasteiger partial charge in [0.25, 0.3) is 0 Å². The molecule has 0 bridgehead atoms. The molecule has 1 amide bonds. The van der Waals surface area contributed by atoms with Crippen LogP contribution in [0.3, 0.4) is 0 Å². The Labute approximate surface area is 199 Å². The molecule has 1 aromatic carbocycles. The maximum atomic E-state index is 12.0. The van der Waals surface area contributed by atoms with Crippen molar-refractivity contribution in [3.8, 4) is 0 Å². The van der Waals surface area contributed by atoms with Gasteiger partial charge in [0.1, 0.15) is 0 Å². The number of piperidine rings is 1. The molecule has 2 heterocycles. The molecule has 0 unspecified atom stereocenters. The van der Waals surface area contributed by atoms with Gasteiger partial charge in [0.05, 0.1) is 29.5 Å². The lowest BCUT2D eigenvalue weighted by atomic mass is 9.95. The Hall–Kier alpha value is -1.09. The van der Waals surface area contributed by atoms with Crippen molar-refractivity contribution in [2.75, 3.05) is 6.54 Å². The highest BCUT2D eigenvalue weighted by Gasteiger charge is 2.43. The molecular weight excluding hydrogens is 498 g/mol. The minimum Gasteiger partial charge on any atom is -0.465 e. The largest absolute Gasteiger partial charge is 0.465 e. The molecular formula is C22H33BrClN3O3Si. The SMILES string of the molecule is CC(C)(C)[Si](C)(C)O[C@H]1CCCN(C(=O)O)[C@@H]1CCCn1cnc2cc(Cl)cc(Br)c21. The Morgan fingerprint density at radius 1 is 1.39 bits per heavy atom. The summed E-state index contributed by atoms with van der Waals surface area (Å²) in [5.41, 5.74) is 1.86. The monoisotopic (exact) mass is 529 g/mol. The maximum Gasteiger partial charge on any atom is 0.407 e. The number of imidazole rings is 1. The van der Waals surface area contributed by atoms with Crippen molar-refractivity contribution in [2.24, 2.45) is 0 Å². The van der Waals surface area contributed by atoms with E-state index in [1.807, 2.05) is 18.5 Å². The van der Waals surface area contributed by atoms with E-state index >= 15 is 0 Å². The molecule has 1 saturated heterocycles. The Morgan fingerprint density at radius 3 is 2.74 bits per heavy atom. The average molecular weight is 531 g/mol. The number of rotatable bonds is 6. The molecule has 1 aliphatic rings. The Balaban J connectivity index is 1.75. The second-order valence-electron chi connectivity index (χ2n) is 9.94. The van der Waals surface area contributed by atoms with Crippen LogP contribution in [0.15, 0.2) is 22.9 Å². The minimum absolute atomic E-state index is 0.0455. The molecule has 0 spiro atoms. The number of benzene rings is 1. The van der Waals surface area contributed by atoms with E-state index in [9.17, 15) is 9.90 Å². The zero-order valence-corrected chi connectivity index (χ0v) is 22.3. The topological polar surface area (TPSA) is 67.6 Å². The van der Waals surface area contributed by atoms with Gasteiger partial charge in [-0.1, -0.05) is 32.4 Å². The second-order valence-corrected chi connectivity index (χ2v) is 16.0. The Kier molecular flexibility index (Phi) is 7.45. The quantitative estimate of drug-likeness (QED) is 0.419. The van der Waals surface area contributed by atoms with Crippen molar-refractivity contribution in [3.63, 3.8) is 0 Å². The number of likely N-dealkylation sites (tertiary alicyclic amines) is 1. The molecule has 0 aliphatic carbocycles. The first-order chi connectivity index (χ1) is 14.4. The lowest BCUT2D eigenvalue weighted by Gasteiger charge is -2.46. The number of nitrogens with zero attached hydrogens (tertiary/aromatic N) is 3. The van der Waals surface area contributed by atoms with Crippen LogP contribution in [-0.4, -0.2) is 52.7 Å². The van der Waals surface area contributed by atoms with Gasteiger partial charge >= 0.3 is 6.09 Å². The fraction of sp³-hybridized carbons (Fsp3) is 0.636. The number of fused-ring (bicyclic) bond motifs is 1. The highest BCUT2D eigenvalue weighted by atomic mass is 79.9. The van der Waals surface area contributed by atoms with Crippen molar-refractivity contribution in [3.05, 3.63) is 28.0 Å². The molecule has 9 heteroatoms. The highest BCUT2D eigenvalue weighted by Crippen LogP contribution is 2.39. The number of hydrogen-bond acceptors (Lipinski definition) is 3. The highest BCUT2D eigenvalue weighted by molar-refractivity contribution is 9.10. The van der Waals surface area contributed by atoms with Crippen LogP contribution in [0.4, 0.5) is 4.79 Å². The zero-order chi connectivity index (χ0) is 23.0. The summed E-state index contributed by atoms with van der Waals surface area (Å²) < 4.78 is 9.74. The van der Waals surface area contributed by atoms with Gasteiger partial charge < -0.3 is 19.0 Å². The first-order valence-electron chi connectivity index (χ1n) is 10.9. The number of amides is 1. The molecule has 1 aliphatic heterocycles. The Bertz CT molecular complexity index is 944. The molecule has 2 atom stereocenters. The third-order valence-corrected chi connectivity index (χ3v) is 12.1. The van der Waals surface area contributed by atoms with Crippen LogP contribution in [0.25, 0.3) is 11.0 Å². The third-order valence-electron chi connectivity index (χ3n) is 6.75. The molecule has 31 heavy (non-hydrogen) atoms. The van der Waals surface area contributed by atoms with Gasteiger partial charge in [-0.3, -0.25) is 0 Å². The lowest BCUT2D eigenvalue weighted by Crippen LogP contribution is -2.55. The normalized spacial score (nSPS) is 20.4. The fourth-order valence-electron chi connectivity index (χ4n) is 4.06. The Morgan fingerprint density at radius 2 is 2.10 bits per heavy atom. The number of carbonyl (C=O) groups is 1. The molecule has 1 N–H and O–H groups in total. The fourth-order valence-corrected chi connectivity index (χ4v) is 6.47. The average Bonchev–Trinajstić information content (AvgIpc) is 3.04. The van der Waals surface area contributed by atoms with E-state index in [2.05, 4.69) is 59.3 Å². The lowest BCUT2D eigenvalue weighted by molar-refractivity contribution is 0.0181. The van der Waals surface area contributed by atoms with Crippen molar-refractivity contribution in [1.29, 1.82) is 0 Å². The smallest absolute Gasteiger partial charge is 0.407 e. The summed E-state index contributed by atoms with van der Waals surface area (Å²) in [5.74, 6) is 0. The summed E-state index contributed by atoms with van der Waals surface area (Å²) in [6, 6.07) is 3.61. The van der Waals surface area contributed by atoms with Gasteiger partial charge in [-0.2, -0.15) is 0 Å². The predicted octanol–water partition coefficient (Wildman–Crippen LogP) is 6.77. The first-order valence-corrected chi connectivity index (χ1v) is 15.0. The predicted molar refractivity (Wildman–Crippen MR) is 131 cm³/mol. The van der Waals surface area contributed by atoms with Crippen LogP contribution < -0.4 is 0 Å². The zero-order valence-electron chi connectivity index (χ0n) is 19.0. The maximum absolute atomic E-state index is 12.0. The molecule has 0 radical (unpaired) electrons. The molecule has 1 fully saturated rings. The molecule has 1 aromatic heterocycles. The van der Waals surface area contributed by atoms with E-state index in [0.29, 0.717) is 11.6 Å². The molecule has 0 saturated carbocycles. The second kappa shape index (κ2) is 9.41. The van der Waals surface area contributed by atoms with Crippen molar-refractivity contribution < 1.29 is 14.3 Å². The third kappa shape index (κ3) is 5.46. The summed E-state index contributed by atoms with van der Waals surface area (Å²) in [6.07, 6.45) is 4.30. The van der Waals surface area contributed by atoms with Crippen LogP contribution in [0.5, 0.6) is 0 Å². The van der Waals surface area contributed by atoms with Gasteiger partial charge in [-0.25, -0.2) is 9.78 Å². The first kappa shape index (κ1) is 24.5. The van der Waals surface area contributed by atoms with Crippen molar-refractivity contribution >= 4 is 53.0 Å². The standard InChI is InChI=1S/C22H33BrClN3O3Si/c1-22(2,3)31(4,5)30-19-9-7-11-27(21(28)29)18(19)8-6-10-26-14-25-17-13-15(24)12-16(23)20(17)26/h12-14,18-19H,6-11H2,1-5H3,(H,28,29)/t18-,19+/m1/s1. The van der Waals surface area contributed by atoms with E-state index in [1.165, 1.54) is 0 Å². The molecule has 2 aromatic rings. The van der Waals surface area contributed by atoms with E-state index in [4.69, 9.17) is 16.0 Å². The number of carboxylic acid groups (broad SMARTS) is 1. The minimum atomic E-state index is -1.99. The number of halogens is 2. The molecule has 6 nitrogen and oxygen atoms in total. The van der Waals surface area contributed by atoms with Crippen LogP contribution in [-0.2, 0) is 11.0 Å². The van der Waals surface area contributed by atoms with E-state index in [-0.39, 0.29) is 17.2 Å². The molecule has 172 valence electrons. The van der Waals surface area contributed by atoms with Gasteiger partial charge in [0.2, 0.25) is 0 Å². The van der Waals surface area contributed by atoms with Gasteiger partial charge in [-0.15, -0.1) is 0 Å². The van der Waals surface area contributed by atoms with Crippen molar-refractivity contribution in [2.45, 2.75) is 83.3 Å². The van der Waals surface area contributed by atoms with Gasteiger partial charge in [0, 0.05) is 22.6 Å². The van der Waals surface area contributed by atoms with E-state index in [0.717, 1.165) is 47.7 Å². The summed E-state index contributed by atoms with van der Waals surface area (Å²) in [4.78, 5) is 18.0. The van der Waals surface area contributed by atoms with Gasteiger partial charge in [0.15, 0.2) is 8.32 Å². The number of hydrogen-bond donors (Lipinski definition) is 1. The summed E-state index contributed by atoms with van der Waals surface area (Å²) in [5, 5.41) is 10.6. The number of aromatic nitrogens is 2. The van der Waals surface area contributed by atoms with E-state index in [1.54, 1.807) is 4.90 Å². The van der Waals surface area contributed by atoms with E-state index < -0.39 is 14.4 Å². The van der Waals surface area contributed by atoms with Crippen LogP contribution in [0, 0.1) is 0 Å². The van der Waals surface area contributed by atoms with Crippen molar-refractivity contribution in [1.82, 2.24) is 14.5 Å². The molecule has 3 rings (SSSR count). The summed E-state index contributed by atoms with van der Waals surface area (Å²) in [6.45, 7) is 12.5. The van der Waals surface area contributed by atoms with Crippen LogP contribution in [0.1, 0.15) is 46.5 Å². The van der Waals surface area contributed by atoms with Crippen LogP contribution >= 0.6 is 27.5 Å². The number of aryl methyl sites for hydroxylation is 1. The summed E-state index contributed by atoms with van der Waals surface area (Å²) >= 11 is 9.72. The van der Waals surface area contributed by atoms with Crippen LogP contribution in [0.2, 0.25) is 23.2 Å². The summed E-state index contributed by atoms with van der Waals surface area (Å²) in [7, 11) is -1.99. The van der Waals surface area contributed by atoms with Gasteiger partial charge in [-0.05, 0) is 71.9 Å².